The van der Waals surface area contributed by atoms with Crippen LogP contribution >= 0.6 is 0 Å². The number of carbonyl (C=O) groups excluding carboxylic acids is 1. The monoisotopic (exact) mass is 238 g/mol. The van der Waals surface area contributed by atoms with Crippen LogP contribution in [0.2, 0.25) is 0 Å². The third kappa shape index (κ3) is 3.03. The Bertz CT molecular complexity index is 405. The molecule has 5 nitrogen and oxygen atoms in total. The van der Waals surface area contributed by atoms with Crippen LogP contribution in [-0.4, -0.2) is 19.6 Å². The molecule has 0 unspecified atom stereocenters. The van der Waals surface area contributed by atoms with Crippen molar-refractivity contribution in [2.45, 2.75) is 19.8 Å². The second kappa shape index (κ2) is 5.98. The average Bonchev–Trinajstić information content (AvgIpc) is 2.30. The highest BCUT2D eigenvalue weighted by molar-refractivity contribution is 6.02. The lowest BCUT2D eigenvalue weighted by Crippen LogP contribution is -2.16. The summed E-state index contributed by atoms with van der Waals surface area (Å²) in [5, 5.41) is 0. The van der Waals surface area contributed by atoms with Crippen molar-refractivity contribution >= 4 is 11.6 Å². The minimum absolute atomic E-state index is 0.168. The van der Waals surface area contributed by atoms with Crippen LogP contribution in [0.4, 0.5) is 5.69 Å². The fourth-order valence-corrected chi connectivity index (χ4v) is 1.46. The Labute approximate surface area is 101 Å². The molecule has 0 radical (unpaired) electrons. The maximum absolute atomic E-state index is 11.3. The molecule has 1 rings (SSSR count). The van der Waals surface area contributed by atoms with Gasteiger partial charge in [-0.3, -0.25) is 4.79 Å². The molecule has 0 aromatic heterocycles. The molecule has 1 amide bonds. The zero-order valence-corrected chi connectivity index (χ0v) is 10.2. The van der Waals surface area contributed by atoms with E-state index < -0.39 is 5.91 Å². The number of anilines is 1. The van der Waals surface area contributed by atoms with E-state index in [0.29, 0.717) is 18.1 Å². The quantitative estimate of drug-likeness (QED) is 0.581. The van der Waals surface area contributed by atoms with Crippen LogP contribution in [0, 0.1) is 0 Å². The predicted molar refractivity (Wildman–Crippen MR) is 66.3 cm³/mol. The molecule has 0 atom stereocenters. The first-order valence-electron chi connectivity index (χ1n) is 5.50. The van der Waals surface area contributed by atoms with E-state index in [1.165, 1.54) is 7.11 Å². The summed E-state index contributed by atoms with van der Waals surface area (Å²) < 4.78 is 10.5. The van der Waals surface area contributed by atoms with Gasteiger partial charge < -0.3 is 20.9 Å². The van der Waals surface area contributed by atoms with E-state index in [2.05, 4.69) is 6.92 Å². The van der Waals surface area contributed by atoms with Crippen LogP contribution in [0.25, 0.3) is 0 Å². The first-order valence-corrected chi connectivity index (χ1v) is 5.50. The van der Waals surface area contributed by atoms with Crippen LogP contribution in [-0.2, 0) is 0 Å². The van der Waals surface area contributed by atoms with E-state index in [9.17, 15) is 4.79 Å². The summed E-state index contributed by atoms with van der Waals surface area (Å²) in [6.07, 6.45) is 1.95. The van der Waals surface area contributed by atoms with Crippen LogP contribution in [0.1, 0.15) is 30.1 Å². The van der Waals surface area contributed by atoms with Gasteiger partial charge in [0.15, 0.2) is 0 Å². The van der Waals surface area contributed by atoms with Crippen LogP contribution in [0.15, 0.2) is 12.1 Å². The molecule has 0 heterocycles. The highest BCUT2D eigenvalue weighted by Crippen LogP contribution is 2.32. The lowest BCUT2D eigenvalue weighted by Gasteiger charge is -2.13. The lowest BCUT2D eigenvalue weighted by molar-refractivity contribution is 0.0998. The first-order chi connectivity index (χ1) is 8.11. The van der Waals surface area contributed by atoms with Gasteiger partial charge in [0.2, 0.25) is 0 Å². The number of ether oxygens (including phenoxy) is 2. The van der Waals surface area contributed by atoms with Gasteiger partial charge in [-0.2, -0.15) is 0 Å². The summed E-state index contributed by atoms with van der Waals surface area (Å²) in [6, 6.07) is 3.30. The smallest absolute Gasteiger partial charge is 0.254 e. The van der Waals surface area contributed by atoms with Gasteiger partial charge in [-0.1, -0.05) is 13.3 Å². The Kier molecular flexibility index (Phi) is 4.63. The second-order valence-corrected chi connectivity index (χ2v) is 3.62. The molecule has 0 aliphatic heterocycles. The van der Waals surface area contributed by atoms with E-state index in [0.717, 1.165) is 12.8 Å². The Balaban J connectivity index is 3.01. The van der Waals surface area contributed by atoms with Crippen molar-refractivity contribution in [2.75, 3.05) is 19.5 Å². The van der Waals surface area contributed by atoms with Crippen molar-refractivity contribution in [3.63, 3.8) is 0 Å². The number of amides is 1. The summed E-state index contributed by atoms with van der Waals surface area (Å²) in [6.45, 7) is 2.63. The van der Waals surface area contributed by atoms with Crippen molar-refractivity contribution in [2.24, 2.45) is 5.73 Å². The third-order valence-corrected chi connectivity index (χ3v) is 2.39. The Morgan fingerprint density at radius 1 is 1.35 bits per heavy atom. The minimum atomic E-state index is -0.625. The SMILES string of the molecule is CCCCOc1ccc(OC)c(C(N)=O)c1N. The molecule has 5 heteroatoms. The van der Waals surface area contributed by atoms with Crippen molar-refractivity contribution in [1.82, 2.24) is 0 Å². The summed E-state index contributed by atoms with van der Waals surface area (Å²) >= 11 is 0. The molecular formula is C12H18N2O3. The Morgan fingerprint density at radius 2 is 2.00 bits per heavy atom. The van der Waals surface area contributed by atoms with Gasteiger partial charge in [0.05, 0.1) is 19.4 Å². The molecule has 0 saturated heterocycles. The van der Waals surface area contributed by atoms with Crippen molar-refractivity contribution in [3.8, 4) is 11.5 Å². The predicted octanol–water partition coefficient (Wildman–Crippen LogP) is 1.56. The number of hydrogen-bond donors (Lipinski definition) is 2. The number of hydrogen-bond acceptors (Lipinski definition) is 4. The summed E-state index contributed by atoms with van der Waals surface area (Å²) in [5.41, 5.74) is 11.5. The highest BCUT2D eigenvalue weighted by Gasteiger charge is 2.16. The normalized spacial score (nSPS) is 10.0. The topological polar surface area (TPSA) is 87.6 Å². The number of benzene rings is 1. The molecule has 0 aliphatic rings. The Hall–Kier alpha value is -1.91. The van der Waals surface area contributed by atoms with Crippen LogP contribution in [0.5, 0.6) is 11.5 Å². The standard InChI is InChI=1S/C12H18N2O3/c1-3-4-7-17-9-6-5-8(16-2)10(11(9)13)12(14)15/h5-6H,3-4,7,13H2,1-2H3,(H2,14,15). The number of unbranched alkanes of at least 4 members (excludes halogenated alkanes) is 1. The van der Waals surface area contributed by atoms with Gasteiger partial charge in [0.25, 0.3) is 5.91 Å². The van der Waals surface area contributed by atoms with E-state index >= 15 is 0 Å². The number of nitrogen functional groups attached to an aromatic ring is 1. The minimum Gasteiger partial charge on any atom is -0.496 e. The average molecular weight is 238 g/mol. The third-order valence-electron chi connectivity index (χ3n) is 2.39. The number of primary amides is 1. The molecule has 0 aliphatic carbocycles. The van der Waals surface area contributed by atoms with Gasteiger partial charge in [-0.25, -0.2) is 0 Å². The zero-order chi connectivity index (χ0) is 12.8. The molecule has 4 N–H and O–H groups in total. The first kappa shape index (κ1) is 13.2. The number of carbonyl (C=O) groups is 1. The highest BCUT2D eigenvalue weighted by atomic mass is 16.5. The Morgan fingerprint density at radius 3 is 2.53 bits per heavy atom. The molecule has 0 fully saturated rings. The number of rotatable bonds is 6. The zero-order valence-electron chi connectivity index (χ0n) is 10.2. The maximum Gasteiger partial charge on any atom is 0.254 e. The molecule has 0 spiro atoms. The van der Waals surface area contributed by atoms with Gasteiger partial charge in [-0.05, 0) is 18.6 Å². The van der Waals surface area contributed by atoms with E-state index in [-0.39, 0.29) is 11.3 Å². The lowest BCUT2D eigenvalue weighted by atomic mass is 10.1. The molecule has 0 bridgehead atoms. The molecule has 94 valence electrons. The largest absolute Gasteiger partial charge is 0.496 e. The fraction of sp³-hybridized carbons (Fsp3) is 0.417. The van der Waals surface area contributed by atoms with Gasteiger partial charge in [0, 0.05) is 0 Å². The van der Waals surface area contributed by atoms with Crippen molar-refractivity contribution in [1.29, 1.82) is 0 Å². The fourth-order valence-electron chi connectivity index (χ4n) is 1.46. The summed E-state index contributed by atoms with van der Waals surface area (Å²) in [4.78, 5) is 11.3. The van der Waals surface area contributed by atoms with Gasteiger partial charge >= 0.3 is 0 Å². The number of nitrogens with two attached hydrogens (primary N) is 2. The van der Waals surface area contributed by atoms with Gasteiger partial charge in [0.1, 0.15) is 17.1 Å². The summed E-state index contributed by atoms with van der Waals surface area (Å²) in [5.74, 6) is 0.200. The van der Waals surface area contributed by atoms with E-state index in [1.54, 1.807) is 12.1 Å². The molecule has 1 aromatic rings. The van der Waals surface area contributed by atoms with Crippen molar-refractivity contribution < 1.29 is 14.3 Å². The maximum atomic E-state index is 11.3. The van der Waals surface area contributed by atoms with Gasteiger partial charge in [-0.15, -0.1) is 0 Å². The van der Waals surface area contributed by atoms with Crippen molar-refractivity contribution in [3.05, 3.63) is 17.7 Å². The number of methoxy groups -OCH3 is 1. The van der Waals surface area contributed by atoms with Crippen LogP contribution in [0.3, 0.4) is 0 Å². The molecule has 0 saturated carbocycles. The second-order valence-electron chi connectivity index (χ2n) is 3.62. The molecular weight excluding hydrogens is 220 g/mol. The molecule has 17 heavy (non-hydrogen) atoms. The van der Waals surface area contributed by atoms with Crippen LogP contribution < -0.4 is 20.9 Å². The molecule has 1 aromatic carbocycles. The van der Waals surface area contributed by atoms with E-state index in [4.69, 9.17) is 20.9 Å². The summed E-state index contributed by atoms with van der Waals surface area (Å²) in [7, 11) is 1.46. The van der Waals surface area contributed by atoms with E-state index in [1.807, 2.05) is 0 Å².